The van der Waals surface area contributed by atoms with Gasteiger partial charge < -0.3 is 20.1 Å². The highest BCUT2D eigenvalue weighted by atomic mass is 16.5. The van der Waals surface area contributed by atoms with Crippen LogP contribution < -0.4 is 15.4 Å². The number of piperidine rings is 1. The Bertz CT molecular complexity index is 781. The lowest BCUT2D eigenvalue weighted by Crippen LogP contribution is -2.46. The lowest BCUT2D eigenvalue weighted by atomic mass is 9.97. The van der Waals surface area contributed by atoms with Crippen molar-refractivity contribution in [1.82, 2.24) is 4.90 Å². The molecule has 1 saturated heterocycles. The number of fused-ring (bicyclic) bond motifs is 1. The molecule has 2 aliphatic rings. The Morgan fingerprint density at radius 3 is 2.82 bits per heavy atom. The first-order valence-corrected chi connectivity index (χ1v) is 9.20. The second-order valence-electron chi connectivity index (χ2n) is 6.79. The van der Waals surface area contributed by atoms with E-state index in [2.05, 4.69) is 0 Å². The predicted molar refractivity (Wildman–Crippen MR) is 98.4 cm³/mol. The summed E-state index contributed by atoms with van der Waals surface area (Å²) in [6, 6.07) is 6.94. The third-order valence-corrected chi connectivity index (χ3v) is 4.85. The largest absolute Gasteiger partial charge is 0.491 e. The summed E-state index contributed by atoms with van der Waals surface area (Å²) in [6.07, 6.45) is 1.47. The van der Waals surface area contributed by atoms with Gasteiger partial charge in [-0.2, -0.15) is 0 Å². The molecule has 1 atom stereocenters. The molecule has 2 heterocycles. The summed E-state index contributed by atoms with van der Waals surface area (Å²) in [4.78, 5) is 50.9. The number of primary amides is 1. The summed E-state index contributed by atoms with van der Waals surface area (Å²) in [7, 11) is 0. The van der Waals surface area contributed by atoms with E-state index in [0.29, 0.717) is 30.8 Å². The maximum absolute atomic E-state index is 12.3. The fourth-order valence-corrected chi connectivity index (χ4v) is 3.34. The fraction of sp³-hybridized carbons (Fsp3) is 0.474. The highest BCUT2D eigenvalue weighted by molar-refractivity contribution is 5.99. The molecule has 9 heteroatoms. The van der Waals surface area contributed by atoms with Gasteiger partial charge in [0.2, 0.25) is 11.8 Å². The van der Waals surface area contributed by atoms with Crippen LogP contribution in [0.4, 0.5) is 5.69 Å². The second-order valence-corrected chi connectivity index (χ2v) is 6.79. The third kappa shape index (κ3) is 4.59. The van der Waals surface area contributed by atoms with Crippen molar-refractivity contribution in [2.75, 3.05) is 37.7 Å². The standard InChI is InChI=1S/C19H23N3O6/c20-19(26)13-4-3-8-21(10-13)17(24)12-28-18(25)11-22-14-5-1-2-6-15(14)27-9-7-16(22)23/h1-2,5-6,13H,3-4,7-12H2,(H2,20,26)/t13-/m0/s1. The molecule has 0 radical (unpaired) electrons. The molecule has 2 N–H and O–H groups in total. The van der Waals surface area contributed by atoms with Crippen molar-refractivity contribution >= 4 is 29.4 Å². The van der Waals surface area contributed by atoms with Crippen molar-refractivity contribution < 1.29 is 28.7 Å². The van der Waals surface area contributed by atoms with Crippen LogP contribution in [0, 0.1) is 5.92 Å². The quantitative estimate of drug-likeness (QED) is 0.712. The molecule has 1 aromatic rings. The van der Waals surface area contributed by atoms with Crippen LogP contribution >= 0.6 is 0 Å². The molecule has 0 unspecified atom stereocenters. The normalized spacial score (nSPS) is 19.3. The predicted octanol–water partition coefficient (Wildman–Crippen LogP) is 0.0692. The molecular formula is C19H23N3O6. The van der Waals surface area contributed by atoms with Gasteiger partial charge >= 0.3 is 5.97 Å². The number of likely N-dealkylation sites (tertiary alicyclic amines) is 1. The Labute approximate surface area is 162 Å². The smallest absolute Gasteiger partial charge is 0.326 e. The molecule has 0 saturated carbocycles. The fourth-order valence-electron chi connectivity index (χ4n) is 3.34. The van der Waals surface area contributed by atoms with Crippen LogP contribution in [0.2, 0.25) is 0 Å². The van der Waals surface area contributed by atoms with Gasteiger partial charge in [0.15, 0.2) is 6.61 Å². The average Bonchev–Trinajstić information content (AvgIpc) is 2.85. The van der Waals surface area contributed by atoms with Gasteiger partial charge in [0.05, 0.1) is 24.6 Å². The Kier molecular flexibility index (Phi) is 6.13. The molecule has 150 valence electrons. The summed E-state index contributed by atoms with van der Waals surface area (Å²) in [5.41, 5.74) is 5.80. The third-order valence-electron chi connectivity index (χ3n) is 4.85. The number of para-hydroxylation sites is 2. The van der Waals surface area contributed by atoms with Gasteiger partial charge in [-0.05, 0) is 25.0 Å². The van der Waals surface area contributed by atoms with E-state index < -0.39 is 18.5 Å². The van der Waals surface area contributed by atoms with Gasteiger partial charge in [0.25, 0.3) is 5.91 Å². The molecule has 0 spiro atoms. The Morgan fingerprint density at radius 1 is 1.25 bits per heavy atom. The van der Waals surface area contributed by atoms with E-state index in [1.807, 2.05) is 0 Å². The Hall–Kier alpha value is -3.10. The number of hydrogen-bond acceptors (Lipinski definition) is 6. The maximum Gasteiger partial charge on any atom is 0.326 e. The van der Waals surface area contributed by atoms with Gasteiger partial charge in [0, 0.05) is 13.1 Å². The lowest BCUT2D eigenvalue weighted by Gasteiger charge is -2.31. The van der Waals surface area contributed by atoms with Gasteiger partial charge in [0.1, 0.15) is 12.3 Å². The number of benzene rings is 1. The zero-order valence-electron chi connectivity index (χ0n) is 15.5. The van der Waals surface area contributed by atoms with Crippen LogP contribution in [0.3, 0.4) is 0 Å². The van der Waals surface area contributed by atoms with E-state index in [1.165, 1.54) is 9.80 Å². The number of ether oxygens (including phenoxy) is 2. The number of hydrogen-bond donors (Lipinski definition) is 1. The molecule has 0 aromatic heterocycles. The van der Waals surface area contributed by atoms with E-state index >= 15 is 0 Å². The number of nitrogens with zero attached hydrogens (tertiary/aromatic N) is 2. The van der Waals surface area contributed by atoms with E-state index in [4.69, 9.17) is 15.2 Å². The number of nitrogens with two attached hydrogens (primary N) is 1. The van der Waals surface area contributed by atoms with Crippen LogP contribution in [-0.2, 0) is 23.9 Å². The molecule has 28 heavy (non-hydrogen) atoms. The van der Waals surface area contributed by atoms with Crippen LogP contribution in [-0.4, -0.2) is 61.4 Å². The van der Waals surface area contributed by atoms with Crippen molar-refractivity contribution in [2.45, 2.75) is 19.3 Å². The number of esters is 1. The molecular weight excluding hydrogens is 366 g/mol. The summed E-state index contributed by atoms with van der Waals surface area (Å²) in [5, 5.41) is 0. The molecule has 1 aromatic carbocycles. The first-order chi connectivity index (χ1) is 13.5. The zero-order chi connectivity index (χ0) is 20.1. The van der Waals surface area contributed by atoms with Crippen LogP contribution in [0.5, 0.6) is 5.75 Å². The summed E-state index contributed by atoms with van der Waals surface area (Å²) in [6.45, 7) is 0.216. The minimum absolute atomic E-state index is 0.142. The Balaban J connectivity index is 1.56. The highest BCUT2D eigenvalue weighted by Gasteiger charge is 2.29. The van der Waals surface area contributed by atoms with Gasteiger partial charge in [-0.25, -0.2) is 0 Å². The minimum atomic E-state index is -0.693. The van der Waals surface area contributed by atoms with E-state index in [-0.39, 0.29) is 43.8 Å². The number of amides is 3. The van der Waals surface area contributed by atoms with Gasteiger partial charge in [-0.15, -0.1) is 0 Å². The van der Waals surface area contributed by atoms with E-state index in [0.717, 1.165) is 0 Å². The SMILES string of the molecule is NC(=O)[C@H]1CCCN(C(=O)COC(=O)CN2C(=O)CCOc3ccccc32)C1. The number of carbonyl (C=O) groups excluding carboxylic acids is 4. The topological polar surface area (TPSA) is 119 Å². The first-order valence-electron chi connectivity index (χ1n) is 9.20. The summed E-state index contributed by atoms with van der Waals surface area (Å²) >= 11 is 0. The molecule has 3 rings (SSSR count). The minimum Gasteiger partial charge on any atom is -0.491 e. The van der Waals surface area contributed by atoms with Crippen molar-refractivity contribution in [1.29, 1.82) is 0 Å². The van der Waals surface area contributed by atoms with Crippen LogP contribution in [0.15, 0.2) is 24.3 Å². The Morgan fingerprint density at radius 2 is 2.04 bits per heavy atom. The summed E-state index contributed by atoms with van der Waals surface area (Å²) in [5.74, 6) is -1.63. The molecule has 1 fully saturated rings. The van der Waals surface area contributed by atoms with E-state index in [1.54, 1.807) is 24.3 Å². The number of carbonyl (C=O) groups is 4. The average molecular weight is 389 g/mol. The molecule has 0 bridgehead atoms. The number of anilines is 1. The van der Waals surface area contributed by atoms with Gasteiger partial charge in [-0.3, -0.25) is 24.1 Å². The van der Waals surface area contributed by atoms with E-state index in [9.17, 15) is 19.2 Å². The molecule has 2 aliphatic heterocycles. The van der Waals surface area contributed by atoms with Crippen LogP contribution in [0.1, 0.15) is 19.3 Å². The zero-order valence-corrected chi connectivity index (χ0v) is 15.5. The summed E-state index contributed by atoms with van der Waals surface area (Å²) < 4.78 is 10.6. The van der Waals surface area contributed by atoms with Crippen molar-refractivity contribution in [2.24, 2.45) is 11.7 Å². The second kappa shape index (κ2) is 8.73. The van der Waals surface area contributed by atoms with Crippen molar-refractivity contribution in [3.63, 3.8) is 0 Å². The van der Waals surface area contributed by atoms with Crippen molar-refractivity contribution in [3.8, 4) is 5.75 Å². The van der Waals surface area contributed by atoms with Crippen LogP contribution in [0.25, 0.3) is 0 Å². The molecule has 3 amide bonds. The monoisotopic (exact) mass is 389 g/mol. The highest BCUT2D eigenvalue weighted by Crippen LogP contribution is 2.30. The first kappa shape index (κ1) is 19.7. The lowest BCUT2D eigenvalue weighted by molar-refractivity contribution is -0.152. The van der Waals surface area contributed by atoms with Crippen molar-refractivity contribution in [3.05, 3.63) is 24.3 Å². The number of rotatable bonds is 5. The molecule has 0 aliphatic carbocycles. The maximum atomic E-state index is 12.3. The van der Waals surface area contributed by atoms with Gasteiger partial charge in [-0.1, -0.05) is 12.1 Å². The molecule has 9 nitrogen and oxygen atoms in total.